The Hall–Kier alpha value is -1.83. The third kappa shape index (κ3) is 4.07. The van der Waals surface area contributed by atoms with Crippen LogP contribution < -0.4 is 0 Å². The molecule has 0 radical (unpaired) electrons. The van der Waals surface area contributed by atoms with Gasteiger partial charge in [0.25, 0.3) is 5.91 Å². The first-order valence-electron chi connectivity index (χ1n) is 7.38. The first-order chi connectivity index (χ1) is 10.3. The van der Waals surface area contributed by atoms with Crippen LogP contribution in [0.15, 0.2) is 24.3 Å². The van der Waals surface area contributed by atoms with E-state index in [0.717, 1.165) is 37.8 Å². The molecule has 21 heavy (non-hydrogen) atoms. The second-order valence-electron chi connectivity index (χ2n) is 5.20. The molecule has 2 N–H and O–H groups in total. The van der Waals surface area contributed by atoms with E-state index in [9.17, 15) is 4.79 Å². The molecular formula is C17H21NO3. The SMILES string of the molecule is O=C(c1cccc(C#CCO)c1)N1CCCC1CCCO. The summed E-state index contributed by atoms with van der Waals surface area (Å²) in [6, 6.07) is 7.44. The Morgan fingerprint density at radius 1 is 1.38 bits per heavy atom. The highest BCUT2D eigenvalue weighted by molar-refractivity contribution is 5.95. The molecule has 2 rings (SSSR count). The maximum atomic E-state index is 12.6. The number of hydrogen-bond acceptors (Lipinski definition) is 3. The standard InChI is InChI=1S/C17H21NO3/c19-11-3-6-14-5-1-7-15(13-14)17(21)18-10-2-8-16(18)9-4-12-20/h1,5,7,13,16,19-20H,2,4,8-12H2. The summed E-state index contributed by atoms with van der Waals surface area (Å²) >= 11 is 0. The van der Waals surface area contributed by atoms with Gasteiger partial charge in [-0.3, -0.25) is 4.79 Å². The van der Waals surface area contributed by atoms with Gasteiger partial charge in [-0.15, -0.1) is 0 Å². The first kappa shape index (κ1) is 15.6. The topological polar surface area (TPSA) is 60.8 Å². The van der Waals surface area contributed by atoms with Gasteiger partial charge in [-0.25, -0.2) is 0 Å². The lowest BCUT2D eigenvalue weighted by molar-refractivity contribution is 0.0724. The van der Waals surface area contributed by atoms with Gasteiger partial charge in [0.1, 0.15) is 6.61 Å². The van der Waals surface area contributed by atoms with Crippen LogP contribution in [0.4, 0.5) is 0 Å². The number of benzene rings is 1. The maximum Gasteiger partial charge on any atom is 0.254 e. The van der Waals surface area contributed by atoms with E-state index in [2.05, 4.69) is 11.8 Å². The van der Waals surface area contributed by atoms with E-state index in [-0.39, 0.29) is 25.2 Å². The molecule has 1 aromatic carbocycles. The molecule has 1 fully saturated rings. The molecule has 4 heteroatoms. The van der Waals surface area contributed by atoms with Crippen LogP contribution in [0.3, 0.4) is 0 Å². The number of nitrogens with zero attached hydrogens (tertiary/aromatic N) is 1. The molecule has 0 aliphatic carbocycles. The van der Waals surface area contributed by atoms with Crippen LogP contribution in [0.5, 0.6) is 0 Å². The fraction of sp³-hybridized carbons (Fsp3) is 0.471. The fourth-order valence-electron chi connectivity index (χ4n) is 2.77. The number of hydrogen-bond donors (Lipinski definition) is 2. The first-order valence-corrected chi connectivity index (χ1v) is 7.38. The molecule has 1 unspecified atom stereocenters. The Morgan fingerprint density at radius 2 is 2.24 bits per heavy atom. The quantitative estimate of drug-likeness (QED) is 0.823. The summed E-state index contributed by atoms with van der Waals surface area (Å²) < 4.78 is 0. The minimum absolute atomic E-state index is 0.0306. The molecule has 4 nitrogen and oxygen atoms in total. The summed E-state index contributed by atoms with van der Waals surface area (Å²) in [6.45, 7) is 0.764. The highest BCUT2D eigenvalue weighted by Crippen LogP contribution is 2.23. The number of aliphatic hydroxyl groups is 2. The predicted octanol–water partition coefficient (Wildman–Crippen LogP) is 1.41. The molecule has 1 atom stereocenters. The molecule has 1 aliphatic rings. The maximum absolute atomic E-state index is 12.6. The van der Waals surface area contributed by atoms with Gasteiger partial charge in [0.05, 0.1) is 0 Å². The zero-order valence-corrected chi connectivity index (χ0v) is 12.1. The van der Waals surface area contributed by atoms with Crippen molar-refractivity contribution in [3.63, 3.8) is 0 Å². The van der Waals surface area contributed by atoms with E-state index < -0.39 is 0 Å². The summed E-state index contributed by atoms with van der Waals surface area (Å²) in [5.41, 5.74) is 1.37. The third-order valence-corrected chi connectivity index (χ3v) is 3.75. The third-order valence-electron chi connectivity index (χ3n) is 3.75. The lowest BCUT2D eigenvalue weighted by atomic mass is 10.1. The molecule has 0 saturated carbocycles. The van der Waals surface area contributed by atoms with Crippen LogP contribution in [0.25, 0.3) is 0 Å². The van der Waals surface area contributed by atoms with Crippen LogP contribution >= 0.6 is 0 Å². The molecule has 1 aliphatic heterocycles. The average Bonchev–Trinajstić information content (AvgIpc) is 2.98. The van der Waals surface area contributed by atoms with Crippen LogP contribution in [-0.2, 0) is 0 Å². The summed E-state index contributed by atoms with van der Waals surface area (Å²) in [5, 5.41) is 17.7. The Balaban J connectivity index is 2.11. The van der Waals surface area contributed by atoms with Gasteiger partial charge in [0.15, 0.2) is 0 Å². The van der Waals surface area contributed by atoms with Crippen LogP contribution in [-0.4, -0.2) is 46.8 Å². The van der Waals surface area contributed by atoms with E-state index in [0.29, 0.717) is 5.56 Å². The summed E-state index contributed by atoms with van der Waals surface area (Å²) in [7, 11) is 0. The fourth-order valence-corrected chi connectivity index (χ4v) is 2.77. The number of amides is 1. The number of likely N-dealkylation sites (tertiary alicyclic amines) is 1. The van der Waals surface area contributed by atoms with Gasteiger partial charge in [-0.05, 0) is 43.9 Å². The van der Waals surface area contributed by atoms with Crippen molar-refractivity contribution < 1.29 is 15.0 Å². The predicted molar refractivity (Wildman–Crippen MR) is 80.8 cm³/mol. The highest BCUT2D eigenvalue weighted by Gasteiger charge is 2.28. The zero-order valence-electron chi connectivity index (χ0n) is 12.1. The molecule has 1 heterocycles. The number of aliphatic hydroxyl groups excluding tert-OH is 2. The van der Waals surface area contributed by atoms with Crippen molar-refractivity contribution >= 4 is 5.91 Å². The van der Waals surface area contributed by atoms with Crippen molar-refractivity contribution in [2.75, 3.05) is 19.8 Å². The van der Waals surface area contributed by atoms with Crippen LogP contribution in [0.2, 0.25) is 0 Å². The lowest BCUT2D eigenvalue weighted by Gasteiger charge is -2.24. The highest BCUT2D eigenvalue weighted by atomic mass is 16.3. The van der Waals surface area contributed by atoms with E-state index in [1.807, 2.05) is 17.0 Å². The van der Waals surface area contributed by atoms with Crippen molar-refractivity contribution in [3.8, 4) is 11.8 Å². The van der Waals surface area contributed by atoms with Gasteiger partial charge >= 0.3 is 0 Å². The van der Waals surface area contributed by atoms with Gasteiger partial charge in [-0.2, -0.15) is 0 Å². The largest absolute Gasteiger partial charge is 0.396 e. The smallest absolute Gasteiger partial charge is 0.254 e. The lowest BCUT2D eigenvalue weighted by Crippen LogP contribution is -2.35. The monoisotopic (exact) mass is 287 g/mol. The summed E-state index contributed by atoms with van der Waals surface area (Å²) in [6.07, 6.45) is 3.62. The molecule has 112 valence electrons. The Bertz CT molecular complexity index is 544. The van der Waals surface area contributed by atoms with Crippen molar-refractivity contribution in [3.05, 3.63) is 35.4 Å². The molecule has 1 aromatic rings. The Labute approximate surface area is 125 Å². The number of carbonyl (C=O) groups excluding carboxylic acids is 1. The minimum atomic E-state index is -0.187. The van der Waals surface area contributed by atoms with Crippen molar-refractivity contribution in [1.82, 2.24) is 4.90 Å². The number of carbonyl (C=O) groups is 1. The van der Waals surface area contributed by atoms with Crippen molar-refractivity contribution in [2.45, 2.75) is 31.7 Å². The molecule has 1 saturated heterocycles. The summed E-state index contributed by atoms with van der Waals surface area (Å²) in [4.78, 5) is 14.5. The average molecular weight is 287 g/mol. The molecular weight excluding hydrogens is 266 g/mol. The molecule has 1 amide bonds. The Kier molecular flexibility index (Phi) is 5.79. The molecule has 0 aromatic heterocycles. The molecule has 0 bridgehead atoms. The van der Waals surface area contributed by atoms with Crippen LogP contribution in [0, 0.1) is 11.8 Å². The second kappa shape index (κ2) is 7.82. The van der Waals surface area contributed by atoms with Gasteiger partial charge < -0.3 is 15.1 Å². The Morgan fingerprint density at radius 3 is 3.00 bits per heavy atom. The molecule has 0 spiro atoms. The van der Waals surface area contributed by atoms with E-state index >= 15 is 0 Å². The van der Waals surface area contributed by atoms with E-state index in [1.54, 1.807) is 12.1 Å². The zero-order chi connectivity index (χ0) is 15.1. The van der Waals surface area contributed by atoms with Crippen LogP contribution in [0.1, 0.15) is 41.6 Å². The van der Waals surface area contributed by atoms with Gasteiger partial charge in [-0.1, -0.05) is 17.9 Å². The normalized spacial score (nSPS) is 17.4. The van der Waals surface area contributed by atoms with Gasteiger partial charge in [0.2, 0.25) is 0 Å². The summed E-state index contributed by atoms with van der Waals surface area (Å²) in [5.74, 6) is 5.44. The van der Waals surface area contributed by atoms with Gasteiger partial charge in [0, 0.05) is 30.3 Å². The van der Waals surface area contributed by atoms with Crippen molar-refractivity contribution in [2.24, 2.45) is 0 Å². The second-order valence-corrected chi connectivity index (χ2v) is 5.20. The minimum Gasteiger partial charge on any atom is -0.396 e. The number of rotatable bonds is 4. The van der Waals surface area contributed by atoms with E-state index in [4.69, 9.17) is 10.2 Å². The van der Waals surface area contributed by atoms with E-state index in [1.165, 1.54) is 0 Å². The van der Waals surface area contributed by atoms with Crippen molar-refractivity contribution in [1.29, 1.82) is 0 Å².